The average Bonchev–Trinajstić information content (AvgIpc) is 2.80. The van der Waals surface area contributed by atoms with Crippen molar-refractivity contribution in [2.75, 3.05) is 28.6 Å². The summed E-state index contributed by atoms with van der Waals surface area (Å²) in [5.41, 5.74) is 0.570. The Labute approximate surface area is 189 Å². The number of hydrogen-bond donors (Lipinski definition) is 2. The Balaban J connectivity index is 1.45. The Morgan fingerprint density at radius 1 is 0.939 bits per heavy atom. The van der Waals surface area contributed by atoms with E-state index >= 15 is 0 Å². The molecule has 0 atom stereocenters. The molecule has 1 amide bonds. The molecular formula is C24H24F3N5O. The number of piperidine rings is 1. The Bertz CT molecular complexity index is 1130. The number of hydrogen-bond acceptors (Lipinski definition) is 5. The van der Waals surface area contributed by atoms with Gasteiger partial charge in [0.1, 0.15) is 5.82 Å². The van der Waals surface area contributed by atoms with E-state index in [1.54, 1.807) is 24.3 Å². The predicted molar refractivity (Wildman–Crippen MR) is 122 cm³/mol. The van der Waals surface area contributed by atoms with Crippen molar-refractivity contribution in [2.45, 2.75) is 32.4 Å². The summed E-state index contributed by atoms with van der Waals surface area (Å²) < 4.78 is 39.5. The number of rotatable bonds is 5. The third kappa shape index (κ3) is 5.60. The van der Waals surface area contributed by atoms with Crippen molar-refractivity contribution in [3.63, 3.8) is 0 Å². The fourth-order valence-electron chi connectivity index (χ4n) is 3.76. The molecule has 0 saturated carbocycles. The van der Waals surface area contributed by atoms with Gasteiger partial charge in [0.05, 0.1) is 11.1 Å². The van der Waals surface area contributed by atoms with Crippen LogP contribution < -0.4 is 15.5 Å². The van der Waals surface area contributed by atoms with E-state index in [1.165, 1.54) is 18.6 Å². The first-order valence-electron chi connectivity index (χ1n) is 10.7. The molecule has 2 N–H and O–H groups in total. The fraction of sp³-hybridized carbons (Fsp3) is 0.292. The molecule has 0 unspecified atom stereocenters. The summed E-state index contributed by atoms with van der Waals surface area (Å²) in [5, 5.41) is 5.75. The number of aromatic nitrogens is 2. The number of halogens is 3. The van der Waals surface area contributed by atoms with E-state index in [1.807, 2.05) is 13.0 Å². The van der Waals surface area contributed by atoms with Crippen LogP contribution in [-0.4, -0.2) is 29.0 Å². The monoisotopic (exact) mass is 455 g/mol. The van der Waals surface area contributed by atoms with Gasteiger partial charge in [0.2, 0.25) is 5.95 Å². The minimum Gasteiger partial charge on any atom is -0.341 e. The molecule has 9 heteroatoms. The first kappa shape index (κ1) is 22.6. The minimum atomic E-state index is -4.61. The van der Waals surface area contributed by atoms with Crippen molar-refractivity contribution >= 4 is 29.0 Å². The third-order valence-electron chi connectivity index (χ3n) is 5.37. The maximum atomic E-state index is 13.2. The molecule has 0 aliphatic carbocycles. The van der Waals surface area contributed by atoms with Gasteiger partial charge in [-0.3, -0.25) is 4.79 Å². The van der Waals surface area contributed by atoms with Crippen LogP contribution in [0.2, 0.25) is 0 Å². The van der Waals surface area contributed by atoms with Gasteiger partial charge < -0.3 is 15.5 Å². The molecular weight excluding hydrogens is 431 g/mol. The zero-order chi connectivity index (χ0) is 23.4. The second-order valence-electron chi connectivity index (χ2n) is 7.94. The minimum absolute atomic E-state index is 0.385. The summed E-state index contributed by atoms with van der Waals surface area (Å²) in [7, 11) is 0. The van der Waals surface area contributed by atoms with Crippen molar-refractivity contribution < 1.29 is 18.0 Å². The van der Waals surface area contributed by atoms with Crippen LogP contribution in [0.1, 0.15) is 40.9 Å². The number of benzene rings is 2. The second-order valence-corrected chi connectivity index (χ2v) is 7.94. The first-order chi connectivity index (χ1) is 15.8. The molecule has 1 fully saturated rings. The van der Waals surface area contributed by atoms with Crippen molar-refractivity contribution in [1.29, 1.82) is 0 Å². The molecule has 2 aromatic carbocycles. The van der Waals surface area contributed by atoms with E-state index in [9.17, 15) is 18.0 Å². The van der Waals surface area contributed by atoms with Crippen LogP contribution in [0.3, 0.4) is 0 Å². The normalized spacial score (nSPS) is 14.1. The summed E-state index contributed by atoms with van der Waals surface area (Å²) in [5.74, 6) is 0.532. The maximum Gasteiger partial charge on any atom is 0.417 e. The standard InChI is InChI=1S/C24H24F3N5O/c1-16-15-21(31-23(28-16)32-13-5-2-6-14-32)29-17-9-11-18(12-10-17)30-22(33)19-7-3-4-8-20(19)24(25,26)27/h3-4,7-12,15H,2,5-6,13-14H2,1H3,(H,30,33)(H,28,29,31). The lowest BCUT2D eigenvalue weighted by atomic mass is 10.1. The van der Waals surface area contributed by atoms with E-state index in [0.29, 0.717) is 17.5 Å². The molecule has 0 radical (unpaired) electrons. The van der Waals surface area contributed by atoms with E-state index in [0.717, 1.165) is 49.4 Å². The van der Waals surface area contributed by atoms with Crippen LogP contribution in [0.15, 0.2) is 54.6 Å². The lowest BCUT2D eigenvalue weighted by Crippen LogP contribution is -2.31. The molecule has 1 saturated heterocycles. The molecule has 6 nitrogen and oxygen atoms in total. The molecule has 0 spiro atoms. The van der Waals surface area contributed by atoms with Crippen molar-refractivity contribution in [1.82, 2.24) is 9.97 Å². The van der Waals surface area contributed by atoms with Crippen LogP contribution in [0.4, 0.5) is 36.3 Å². The number of aryl methyl sites for hydroxylation is 1. The number of amides is 1. The Kier molecular flexibility index (Phi) is 6.48. The quantitative estimate of drug-likeness (QED) is 0.510. The van der Waals surface area contributed by atoms with E-state index in [4.69, 9.17) is 0 Å². The van der Waals surface area contributed by atoms with Gasteiger partial charge in [0.15, 0.2) is 0 Å². The largest absolute Gasteiger partial charge is 0.417 e. The Morgan fingerprint density at radius 2 is 1.61 bits per heavy atom. The highest BCUT2D eigenvalue weighted by atomic mass is 19.4. The van der Waals surface area contributed by atoms with Crippen molar-refractivity contribution in [2.24, 2.45) is 0 Å². The molecule has 3 aromatic rings. The number of alkyl halides is 3. The number of anilines is 4. The van der Waals surface area contributed by atoms with Crippen LogP contribution >= 0.6 is 0 Å². The van der Waals surface area contributed by atoms with Crippen LogP contribution in [0.5, 0.6) is 0 Å². The molecule has 172 valence electrons. The lowest BCUT2D eigenvalue weighted by molar-refractivity contribution is -0.137. The van der Waals surface area contributed by atoms with Crippen LogP contribution in [0.25, 0.3) is 0 Å². The molecule has 1 aliphatic heterocycles. The average molecular weight is 455 g/mol. The van der Waals surface area contributed by atoms with Crippen molar-refractivity contribution in [3.8, 4) is 0 Å². The highest BCUT2D eigenvalue weighted by Gasteiger charge is 2.34. The van der Waals surface area contributed by atoms with E-state index < -0.39 is 23.2 Å². The summed E-state index contributed by atoms with van der Waals surface area (Å²) in [4.78, 5) is 23.8. The van der Waals surface area contributed by atoms with Gasteiger partial charge in [0, 0.05) is 36.2 Å². The highest BCUT2D eigenvalue weighted by molar-refractivity contribution is 6.05. The molecule has 0 bridgehead atoms. The summed E-state index contributed by atoms with van der Waals surface area (Å²) >= 11 is 0. The number of nitrogens with zero attached hydrogens (tertiary/aromatic N) is 3. The number of carbonyl (C=O) groups is 1. The summed E-state index contributed by atoms with van der Waals surface area (Å²) in [6.45, 7) is 3.79. The zero-order valence-electron chi connectivity index (χ0n) is 18.1. The fourth-order valence-corrected chi connectivity index (χ4v) is 3.76. The molecule has 33 heavy (non-hydrogen) atoms. The van der Waals surface area contributed by atoms with Gasteiger partial charge in [0.25, 0.3) is 5.91 Å². The van der Waals surface area contributed by atoms with Gasteiger partial charge in [-0.25, -0.2) is 4.98 Å². The second kappa shape index (κ2) is 9.48. The predicted octanol–water partition coefficient (Wildman–Crippen LogP) is 5.79. The van der Waals surface area contributed by atoms with Crippen LogP contribution in [0, 0.1) is 6.92 Å². The Hall–Kier alpha value is -3.62. The zero-order valence-corrected chi connectivity index (χ0v) is 18.1. The van der Waals surface area contributed by atoms with E-state index in [2.05, 4.69) is 25.5 Å². The lowest BCUT2D eigenvalue weighted by Gasteiger charge is -2.27. The number of carbonyl (C=O) groups excluding carboxylic acids is 1. The smallest absolute Gasteiger partial charge is 0.341 e. The Morgan fingerprint density at radius 3 is 2.30 bits per heavy atom. The SMILES string of the molecule is Cc1cc(Nc2ccc(NC(=O)c3ccccc3C(F)(F)F)cc2)nc(N2CCCCC2)n1. The van der Waals surface area contributed by atoms with Gasteiger partial charge >= 0.3 is 6.18 Å². The first-order valence-corrected chi connectivity index (χ1v) is 10.7. The van der Waals surface area contributed by atoms with Crippen molar-refractivity contribution in [3.05, 3.63) is 71.4 Å². The van der Waals surface area contributed by atoms with E-state index in [-0.39, 0.29) is 0 Å². The maximum absolute atomic E-state index is 13.2. The topological polar surface area (TPSA) is 70.2 Å². The van der Waals surface area contributed by atoms with Gasteiger partial charge in [-0.05, 0) is 62.6 Å². The van der Waals surface area contributed by atoms with Gasteiger partial charge in [-0.15, -0.1) is 0 Å². The summed E-state index contributed by atoms with van der Waals surface area (Å²) in [6.07, 6.45) is -1.14. The number of nitrogens with one attached hydrogen (secondary N) is 2. The molecule has 1 aromatic heterocycles. The molecule has 1 aliphatic rings. The van der Waals surface area contributed by atoms with Gasteiger partial charge in [-0.2, -0.15) is 18.2 Å². The summed E-state index contributed by atoms with van der Waals surface area (Å²) in [6, 6.07) is 13.2. The molecule has 2 heterocycles. The van der Waals surface area contributed by atoms with Gasteiger partial charge in [-0.1, -0.05) is 12.1 Å². The highest BCUT2D eigenvalue weighted by Crippen LogP contribution is 2.32. The molecule has 4 rings (SSSR count). The third-order valence-corrected chi connectivity index (χ3v) is 5.37. The van der Waals surface area contributed by atoms with Crippen LogP contribution in [-0.2, 0) is 6.18 Å².